The molecule has 0 saturated heterocycles. The van der Waals surface area contributed by atoms with Crippen molar-refractivity contribution >= 4 is 15.7 Å². The zero-order valence-corrected chi connectivity index (χ0v) is 14.1. The Labute approximate surface area is 127 Å². The van der Waals surface area contributed by atoms with Gasteiger partial charge in [0.15, 0.2) is 0 Å². The van der Waals surface area contributed by atoms with Gasteiger partial charge in [-0.05, 0) is 58.1 Å². The summed E-state index contributed by atoms with van der Waals surface area (Å²) in [5.41, 5.74) is 6.40. The molecule has 0 aliphatic carbocycles. The lowest BCUT2D eigenvalue weighted by Gasteiger charge is -2.27. The molecule has 0 aliphatic heterocycles. The van der Waals surface area contributed by atoms with Gasteiger partial charge < -0.3 is 15.7 Å². The van der Waals surface area contributed by atoms with Crippen LogP contribution in [0, 0.1) is 13.8 Å². The first-order valence-corrected chi connectivity index (χ1v) is 8.16. The molecule has 1 unspecified atom stereocenters. The number of nitrogens with two attached hydrogens (primary N) is 1. The van der Waals surface area contributed by atoms with Crippen LogP contribution in [0.4, 0.5) is 5.69 Å². The summed E-state index contributed by atoms with van der Waals surface area (Å²) in [6, 6.07) is 3.31. The third-order valence-electron chi connectivity index (χ3n) is 3.13. The van der Waals surface area contributed by atoms with E-state index in [1.165, 1.54) is 0 Å². The van der Waals surface area contributed by atoms with Crippen LogP contribution in [-0.2, 0) is 10.0 Å². The van der Waals surface area contributed by atoms with Crippen LogP contribution < -0.4 is 10.5 Å². The third-order valence-corrected chi connectivity index (χ3v) is 4.66. The number of nitrogens with zero attached hydrogens (tertiary/aromatic N) is 1. The van der Waals surface area contributed by atoms with E-state index in [4.69, 9.17) is 5.73 Å². The first-order valence-electron chi connectivity index (χ1n) is 6.68. The molecule has 120 valence electrons. The standard InChI is InChI=1S/C14H25N3O3S/c1-10-6-12(15)11(2)13(7-10)21(19,20)16-8-14(3,18)9-17(4)5/h6-7,16,18H,8-9,15H2,1-5H3. The smallest absolute Gasteiger partial charge is 0.241 e. The molecule has 1 atom stereocenters. The molecule has 0 fully saturated rings. The molecular weight excluding hydrogens is 290 g/mol. The van der Waals surface area contributed by atoms with Gasteiger partial charge >= 0.3 is 0 Å². The van der Waals surface area contributed by atoms with Crippen molar-refractivity contribution in [1.29, 1.82) is 0 Å². The van der Waals surface area contributed by atoms with Gasteiger partial charge in [0.2, 0.25) is 10.0 Å². The second kappa shape index (κ2) is 6.31. The molecule has 0 heterocycles. The third kappa shape index (κ3) is 4.96. The van der Waals surface area contributed by atoms with Crippen molar-refractivity contribution in [3.8, 4) is 0 Å². The zero-order chi connectivity index (χ0) is 16.4. The van der Waals surface area contributed by atoms with E-state index in [0.29, 0.717) is 17.8 Å². The number of aliphatic hydroxyl groups is 1. The van der Waals surface area contributed by atoms with Crippen molar-refractivity contribution in [1.82, 2.24) is 9.62 Å². The van der Waals surface area contributed by atoms with Crippen LogP contribution in [0.3, 0.4) is 0 Å². The highest BCUT2D eigenvalue weighted by Crippen LogP contribution is 2.23. The predicted octanol–water partition coefficient (Wildman–Crippen LogP) is 0.477. The molecular formula is C14H25N3O3S. The number of aryl methyl sites for hydroxylation is 1. The van der Waals surface area contributed by atoms with Crippen LogP contribution in [-0.4, -0.2) is 51.2 Å². The molecule has 0 aliphatic rings. The number of rotatable bonds is 6. The van der Waals surface area contributed by atoms with Gasteiger partial charge in [0.05, 0.1) is 10.5 Å². The van der Waals surface area contributed by atoms with Gasteiger partial charge in [-0.15, -0.1) is 0 Å². The van der Waals surface area contributed by atoms with E-state index in [1.54, 1.807) is 37.8 Å². The van der Waals surface area contributed by atoms with Gasteiger partial charge in [0.1, 0.15) is 0 Å². The Morgan fingerprint density at radius 3 is 2.43 bits per heavy atom. The summed E-state index contributed by atoms with van der Waals surface area (Å²) in [6.07, 6.45) is 0. The molecule has 21 heavy (non-hydrogen) atoms. The van der Waals surface area contributed by atoms with Crippen LogP contribution in [0.15, 0.2) is 17.0 Å². The lowest BCUT2D eigenvalue weighted by molar-refractivity contribution is 0.0386. The summed E-state index contributed by atoms with van der Waals surface area (Å²) in [5, 5.41) is 10.2. The number of likely N-dealkylation sites (N-methyl/N-ethyl adjacent to an activating group) is 1. The van der Waals surface area contributed by atoms with Gasteiger partial charge in [-0.3, -0.25) is 0 Å². The lowest BCUT2D eigenvalue weighted by atomic mass is 10.1. The minimum absolute atomic E-state index is 0.0687. The molecule has 7 heteroatoms. The van der Waals surface area contributed by atoms with E-state index in [2.05, 4.69) is 4.72 Å². The van der Waals surface area contributed by atoms with E-state index < -0.39 is 15.6 Å². The Morgan fingerprint density at radius 2 is 1.90 bits per heavy atom. The van der Waals surface area contributed by atoms with E-state index in [1.807, 2.05) is 14.1 Å². The SMILES string of the molecule is Cc1cc(N)c(C)c(S(=O)(=O)NCC(C)(O)CN(C)C)c1. The molecule has 0 saturated carbocycles. The average Bonchev–Trinajstić information content (AvgIpc) is 2.30. The van der Waals surface area contributed by atoms with E-state index in [9.17, 15) is 13.5 Å². The molecule has 0 bridgehead atoms. The quantitative estimate of drug-likeness (QED) is 0.664. The molecule has 0 radical (unpaired) electrons. The number of hydrogen-bond donors (Lipinski definition) is 3. The second-order valence-electron chi connectivity index (χ2n) is 6.04. The lowest BCUT2D eigenvalue weighted by Crippen LogP contribution is -2.47. The van der Waals surface area contributed by atoms with Crippen LogP contribution >= 0.6 is 0 Å². The molecule has 4 N–H and O–H groups in total. The van der Waals surface area contributed by atoms with Crippen molar-refractivity contribution in [2.24, 2.45) is 0 Å². The van der Waals surface area contributed by atoms with Crippen molar-refractivity contribution in [3.05, 3.63) is 23.3 Å². The molecule has 0 amide bonds. The van der Waals surface area contributed by atoms with Crippen molar-refractivity contribution in [3.63, 3.8) is 0 Å². The highest BCUT2D eigenvalue weighted by atomic mass is 32.2. The predicted molar refractivity (Wildman–Crippen MR) is 84.7 cm³/mol. The summed E-state index contributed by atoms with van der Waals surface area (Å²) in [4.78, 5) is 1.95. The number of sulfonamides is 1. The number of hydrogen-bond acceptors (Lipinski definition) is 5. The topological polar surface area (TPSA) is 95.7 Å². The minimum Gasteiger partial charge on any atom is -0.398 e. The summed E-state index contributed by atoms with van der Waals surface area (Å²) in [7, 11) is -0.0857. The highest BCUT2D eigenvalue weighted by molar-refractivity contribution is 7.89. The normalized spacial score (nSPS) is 15.2. The molecule has 6 nitrogen and oxygen atoms in total. The largest absolute Gasteiger partial charge is 0.398 e. The summed E-state index contributed by atoms with van der Waals surface area (Å²) >= 11 is 0. The summed E-state index contributed by atoms with van der Waals surface area (Å²) in [5.74, 6) is 0. The maximum atomic E-state index is 12.4. The van der Waals surface area contributed by atoms with Gasteiger partial charge in [-0.25, -0.2) is 13.1 Å². The fourth-order valence-electron chi connectivity index (χ4n) is 2.20. The minimum atomic E-state index is -3.71. The van der Waals surface area contributed by atoms with Crippen LogP contribution in [0.5, 0.6) is 0 Å². The van der Waals surface area contributed by atoms with E-state index >= 15 is 0 Å². The number of anilines is 1. The van der Waals surface area contributed by atoms with Gasteiger partial charge in [0.25, 0.3) is 0 Å². The number of nitrogen functional groups attached to an aromatic ring is 1. The maximum absolute atomic E-state index is 12.4. The van der Waals surface area contributed by atoms with Gasteiger partial charge in [-0.1, -0.05) is 0 Å². The summed E-state index contributed by atoms with van der Waals surface area (Å²) in [6.45, 7) is 5.33. The molecule has 0 spiro atoms. The fraction of sp³-hybridized carbons (Fsp3) is 0.571. The molecule has 1 rings (SSSR count). The Balaban J connectivity index is 2.98. The highest BCUT2D eigenvalue weighted by Gasteiger charge is 2.26. The Morgan fingerprint density at radius 1 is 1.33 bits per heavy atom. The number of benzene rings is 1. The zero-order valence-electron chi connectivity index (χ0n) is 13.3. The maximum Gasteiger partial charge on any atom is 0.241 e. The van der Waals surface area contributed by atoms with E-state index in [-0.39, 0.29) is 11.4 Å². The van der Waals surface area contributed by atoms with Crippen molar-refractivity contribution < 1.29 is 13.5 Å². The molecule has 1 aromatic carbocycles. The summed E-state index contributed by atoms with van der Waals surface area (Å²) < 4.78 is 27.3. The van der Waals surface area contributed by atoms with E-state index in [0.717, 1.165) is 5.56 Å². The average molecular weight is 315 g/mol. The van der Waals surface area contributed by atoms with Crippen LogP contribution in [0.2, 0.25) is 0 Å². The first-order chi connectivity index (χ1) is 9.44. The van der Waals surface area contributed by atoms with Crippen molar-refractivity contribution in [2.75, 3.05) is 32.9 Å². The van der Waals surface area contributed by atoms with Gasteiger partial charge in [-0.2, -0.15) is 0 Å². The monoisotopic (exact) mass is 315 g/mol. The second-order valence-corrected chi connectivity index (χ2v) is 7.77. The van der Waals surface area contributed by atoms with Crippen LogP contribution in [0.25, 0.3) is 0 Å². The van der Waals surface area contributed by atoms with Crippen molar-refractivity contribution in [2.45, 2.75) is 31.3 Å². The Kier molecular flexibility index (Phi) is 5.38. The molecule has 1 aromatic rings. The Hall–Kier alpha value is -1.15. The van der Waals surface area contributed by atoms with Gasteiger partial charge in [0, 0.05) is 18.8 Å². The Bertz CT molecular complexity index is 610. The molecule has 0 aromatic heterocycles. The van der Waals surface area contributed by atoms with Crippen LogP contribution in [0.1, 0.15) is 18.1 Å². The first kappa shape index (κ1) is 17.9. The number of nitrogens with one attached hydrogen (secondary N) is 1. The fourth-order valence-corrected chi connectivity index (χ4v) is 3.72.